The fraction of sp³-hybridized carbons (Fsp3) is 0.458. The number of carbonyl (C=O) groups is 2. The summed E-state index contributed by atoms with van der Waals surface area (Å²) in [5, 5.41) is 2.48. The molecule has 0 unspecified atom stereocenters. The summed E-state index contributed by atoms with van der Waals surface area (Å²) in [6.45, 7) is 7.58. The van der Waals surface area contributed by atoms with Crippen molar-refractivity contribution in [3.63, 3.8) is 0 Å². The van der Waals surface area contributed by atoms with Gasteiger partial charge in [0.15, 0.2) is 0 Å². The Morgan fingerprint density at radius 2 is 0.919 bits per heavy atom. The summed E-state index contributed by atoms with van der Waals surface area (Å²) in [7, 11) is 2.52. The molecule has 0 aromatic heterocycles. The number of benzene rings is 4. The molecule has 4 atom stereocenters. The van der Waals surface area contributed by atoms with Gasteiger partial charge in [0.1, 0.15) is 35.3 Å². The SMILES string of the molecule is COC(=O)c1cc(C2CC2)c(O[C@@H]2CCCN([C@@H](C)c3cc(Cl)cc(Cl)c3)C2)cc1F.COC(=O)c1cc(C2CC2)c(O[C@@H]2CCCN([C@H](C)c3cc(Cl)cc(Cl)c3)C2)cc1F. The molecule has 62 heavy (non-hydrogen) atoms. The van der Waals surface area contributed by atoms with E-state index in [1.807, 2.05) is 24.3 Å². The van der Waals surface area contributed by atoms with Crippen molar-refractivity contribution >= 4 is 58.3 Å². The van der Waals surface area contributed by atoms with Crippen molar-refractivity contribution in [2.45, 2.75) is 101 Å². The molecule has 4 aliphatic rings. The molecular weight excluding hydrogens is 880 g/mol. The largest absolute Gasteiger partial charge is 0.489 e. The molecule has 2 aliphatic heterocycles. The summed E-state index contributed by atoms with van der Waals surface area (Å²) in [6, 6.07) is 17.4. The Balaban J connectivity index is 0.000000186. The van der Waals surface area contributed by atoms with E-state index in [2.05, 4.69) is 23.6 Å². The highest BCUT2D eigenvalue weighted by molar-refractivity contribution is 6.35. The molecule has 4 aromatic rings. The van der Waals surface area contributed by atoms with Gasteiger partial charge >= 0.3 is 11.9 Å². The molecule has 14 heteroatoms. The standard InChI is InChI=1S/2C24H26Cl2FNO3/c2*1-14(16-8-17(25)10-18(26)9-16)28-7-3-4-19(13-28)31-23-12-22(27)21(24(29)30-2)11-20(23)15-5-6-15/h2*8-12,14-15,19H,3-7,13H2,1-2H3/t14-,19+;14-,19-/m01/s1. The predicted octanol–water partition coefficient (Wildman–Crippen LogP) is 12.8. The zero-order chi connectivity index (χ0) is 44.2. The Kier molecular flexibility index (Phi) is 15.3. The summed E-state index contributed by atoms with van der Waals surface area (Å²) in [5.74, 6) is -0.845. The molecule has 2 saturated heterocycles. The molecule has 8 nitrogen and oxygen atoms in total. The second kappa shape index (κ2) is 20.5. The minimum Gasteiger partial charge on any atom is -0.489 e. The third kappa shape index (κ3) is 11.5. The quantitative estimate of drug-likeness (QED) is 0.130. The summed E-state index contributed by atoms with van der Waals surface area (Å²) >= 11 is 24.7. The lowest BCUT2D eigenvalue weighted by atomic mass is 10.0. The number of nitrogens with zero attached hydrogens (tertiary/aromatic N) is 2. The molecule has 0 amide bonds. The summed E-state index contributed by atoms with van der Waals surface area (Å²) in [5.41, 5.74) is 3.85. The molecule has 332 valence electrons. The van der Waals surface area contributed by atoms with E-state index in [0.717, 1.165) is 99.8 Å². The first kappa shape index (κ1) is 46.4. The van der Waals surface area contributed by atoms with Crippen molar-refractivity contribution in [2.24, 2.45) is 0 Å². The van der Waals surface area contributed by atoms with Gasteiger partial charge in [-0.2, -0.15) is 0 Å². The van der Waals surface area contributed by atoms with Gasteiger partial charge in [0.2, 0.25) is 0 Å². The van der Waals surface area contributed by atoms with Crippen LogP contribution in [-0.4, -0.2) is 74.3 Å². The average Bonchev–Trinajstić information content (AvgIpc) is 4.18. The molecule has 4 aromatic carbocycles. The summed E-state index contributed by atoms with van der Waals surface area (Å²) in [6.07, 6.45) is 7.69. The smallest absolute Gasteiger partial charge is 0.340 e. The number of hydrogen-bond donors (Lipinski definition) is 0. The van der Waals surface area contributed by atoms with Crippen LogP contribution in [0.4, 0.5) is 8.78 Å². The Morgan fingerprint density at radius 3 is 1.24 bits per heavy atom. The third-order valence-electron chi connectivity index (χ3n) is 12.3. The second-order valence-electron chi connectivity index (χ2n) is 16.8. The molecule has 8 rings (SSSR count). The predicted molar refractivity (Wildman–Crippen MR) is 240 cm³/mol. The van der Waals surface area contributed by atoms with Gasteiger partial charge in [0.05, 0.1) is 25.3 Å². The number of esters is 2. The number of hydrogen-bond acceptors (Lipinski definition) is 8. The first-order valence-corrected chi connectivity index (χ1v) is 22.8. The van der Waals surface area contributed by atoms with Crippen LogP contribution in [0.3, 0.4) is 0 Å². The molecule has 0 spiro atoms. The maximum atomic E-state index is 14.6. The minimum absolute atomic E-state index is 0.0338. The van der Waals surface area contributed by atoms with Gasteiger partial charge < -0.3 is 18.9 Å². The lowest BCUT2D eigenvalue weighted by Gasteiger charge is -2.37. The summed E-state index contributed by atoms with van der Waals surface area (Å²) < 4.78 is 51.2. The van der Waals surface area contributed by atoms with Crippen LogP contribution >= 0.6 is 46.4 Å². The molecular formula is C48H52Cl4F2N2O6. The topological polar surface area (TPSA) is 77.5 Å². The van der Waals surface area contributed by atoms with Gasteiger partial charge in [-0.25, -0.2) is 18.4 Å². The van der Waals surface area contributed by atoms with Gasteiger partial charge in [0, 0.05) is 57.4 Å². The van der Waals surface area contributed by atoms with Crippen LogP contribution in [0, 0.1) is 11.6 Å². The number of methoxy groups -OCH3 is 2. The molecule has 2 heterocycles. The first-order chi connectivity index (χ1) is 29.7. The Hall–Kier alpha value is -3.64. The van der Waals surface area contributed by atoms with Gasteiger partial charge in [0.25, 0.3) is 0 Å². The zero-order valence-electron chi connectivity index (χ0n) is 35.3. The fourth-order valence-corrected chi connectivity index (χ4v) is 9.63. The van der Waals surface area contributed by atoms with Crippen molar-refractivity contribution in [2.75, 3.05) is 40.4 Å². The highest BCUT2D eigenvalue weighted by Crippen LogP contribution is 2.47. The minimum atomic E-state index is -0.663. The van der Waals surface area contributed by atoms with E-state index in [4.69, 9.17) is 65.4 Å². The van der Waals surface area contributed by atoms with Gasteiger partial charge in [-0.1, -0.05) is 46.4 Å². The lowest BCUT2D eigenvalue weighted by molar-refractivity contribution is 0.0583. The highest BCUT2D eigenvalue weighted by atomic mass is 35.5. The summed E-state index contributed by atoms with van der Waals surface area (Å²) in [4.78, 5) is 28.5. The van der Waals surface area contributed by atoms with Crippen molar-refractivity contribution in [3.05, 3.63) is 126 Å². The van der Waals surface area contributed by atoms with Crippen LogP contribution in [0.15, 0.2) is 60.7 Å². The fourth-order valence-electron chi connectivity index (χ4n) is 8.55. The third-order valence-corrected chi connectivity index (χ3v) is 13.2. The van der Waals surface area contributed by atoms with Gasteiger partial charge in [-0.05, 0) is 161 Å². The molecule has 0 radical (unpaired) electrons. The number of ether oxygens (including phenoxy) is 4. The number of halogens is 6. The Bertz CT molecular complexity index is 2080. The number of likely N-dealkylation sites (tertiary alicyclic amines) is 2. The monoisotopic (exact) mass is 930 g/mol. The molecule has 0 bridgehead atoms. The van der Waals surface area contributed by atoms with Crippen LogP contribution in [0.2, 0.25) is 20.1 Å². The first-order valence-electron chi connectivity index (χ1n) is 21.3. The average molecular weight is 933 g/mol. The molecule has 4 fully saturated rings. The van der Waals surface area contributed by atoms with Crippen LogP contribution in [0.25, 0.3) is 0 Å². The maximum absolute atomic E-state index is 14.6. The second-order valence-corrected chi connectivity index (χ2v) is 18.5. The van der Waals surface area contributed by atoms with E-state index in [-0.39, 0.29) is 35.4 Å². The highest BCUT2D eigenvalue weighted by Gasteiger charge is 2.34. The Labute approximate surface area is 382 Å². The number of rotatable bonds is 12. The van der Waals surface area contributed by atoms with Crippen LogP contribution < -0.4 is 9.47 Å². The van der Waals surface area contributed by atoms with Crippen molar-refractivity contribution in [3.8, 4) is 11.5 Å². The maximum Gasteiger partial charge on any atom is 0.340 e. The molecule has 2 aliphatic carbocycles. The van der Waals surface area contributed by atoms with Crippen molar-refractivity contribution in [1.29, 1.82) is 0 Å². The lowest BCUT2D eigenvalue weighted by Crippen LogP contribution is -2.42. The van der Waals surface area contributed by atoms with E-state index < -0.39 is 23.6 Å². The van der Waals surface area contributed by atoms with Gasteiger partial charge in [-0.3, -0.25) is 9.80 Å². The van der Waals surface area contributed by atoms with E-state index in [0.29, 0.717) is 43.4 Å². The van der Waals surface area contributed by atoms with E-state index in [9.17, 15) is 18.4 Å². The zero-order valence-corrected chi connectivity index (χ0v) is 38.4. The number of carbonyl (C=O) groups excluding carboxylic acids is 2. The van der Waals surface area contributed by atoms with Crippen LogP contribution in [0.5, 0.6) is 11.5 Å². The van der Waals surface area contributed by atoms with Crippen LogP contribution in [0.1, 0.15) is 132 Å². The number of piperidine rings is 2. The van der Waals surface area contributed by atoms with Crippen molar-refractivity contribution < 1.29 is 37.3 Å². The van der Waals surface area contributed by atoms with Crippen molar-refractivity contribution in [1.82, 2.24) is 9.80 Å². The van der Waals surface area contributed by atoms with E-state index in [1.165, 1.54) is 26.4 Å². The van der Waals surface area contributed by atoms with Gasteiger partial charge in [-0.15, -0.1) is 0 Å². The van der Waals surface area contributed by atoms with E-state index in [1.54, 1.807) is 24.3 Å². The Morgan fingerprint density at radius 1 is 0.565 bits per heavy atom. The van der Waals surface area contributed by atoms with E-state index >= 15 is 0 Å². The molecule has 0 N–H and O–H groups in total. The molecule has 2 saturated carbocycles. The van der Waals surface area contributed by atoms with Crippen LogP contribution in [-0.2, 0) is 9.47 Å². The normalized spacial score (nSPS) is 20.4.